The van der Waals surface area contributed by atoms with Crippen LogP contribution in [0.5, 0.6) is 0 Å². The average molecular weight is 363 g/mol. The quantitative estimate of drug-likeness (QED) is 0.879. The van der Waals surface area contributed by atoms with E-state index < -0.39 is 0 Å². The molecule has 92 valence electrons. The summed E-state index contributed by atoms with van der Waals surface area (Å²) >= 11 is 6.83. The van der Waals surface area contributed by atoms with Gasteiger partial charge in [-0.1, -0.05) is 0 Å². The van der Waals surface area contributed by atoms with Crippen molar-refractivity contribution in [3.63, 3.8) is 0 Å². The minimum atomic E-state index is 0.214. The molecule has 0 aliphatic carbocycles. The van der Waals surface area contributed by atoms with Gasteiger partial charge in [-0.25, -0.2) is 4.98 Å². The van der Waals surface area contributed by atoms with Gasteiger partial charge < -0.3 is 10.2 Å². The van der Waals surface area contributed by atoms with Crippen LogP contribution in [0.2, 0.25) is 0 Å². The predicted octanol–water partition coefficient (Wildman–Crippen LogP) is 2.64. The molecule has 1 aromatic rings. The molecule has 17 heavy (non-hydrogen) atoms. The van der Waals surface area contributed by atoms with Gasteiger partial charge >= 0.3 is 0 Å². The SMILES string of the molecule is CN1CC(Nc2ncc(Br)cc2Br)CCC1=O. The first-order chi connectivity index (χ1) is 8.06. The molecule has 1 N–H and O–H groups in total. The molecular weight excluding hydrogens is 350 g/mol. The zero-order chi connectivity index (χ0) is 12.4. The van der Waals surface area contributed by atoms with Gasteiger partial charge in [-0.15, -0.1) is 0 Å². The van der Waals surface area contributed by atoms with Crippen LogP contribution >= 0.6 is 31.9 Å². The van der Waals surface area contributed by atoms with Crippen molar-refractivity contribution < 1.29 is 4.79 Å². The maximum absolute atomic E-state index is 11.4. The van der Waals surface area contributed by atoms with E-state index in [2.05, 4.69) is 42.2 Å². The Morgan fingerprint density at radius 1 is 1.53 bits per heavy atom. The van der Waals surface area contributed by atoms with E-state index in [0.29, 0.717) is 6.42 Å². The van der Waals surface area contributed by atoms with Crippen molar-refractivity contribution >= 4 is 43.6 Å². The number of piperidine rings is 1. The molecule has 1 saturated heterocycles. The maximum atomic E-state index is 11.4. The first-order valence-electron chi connectivity index (χ1n) is 5.38. The van der Waals surface area contributed by atoms with E-state index in [1.165, 1.54) is 0 Å². The fourth-order valence-electron chi connectivity index (χ4n) is 1.84. The van der Waals surface area contributed by atoms with Crippen molar-refractivity contribution in [3.8, 4) is 0 Å². The van der Waals surface area contributed by atoms with Gasteiger partial charge in [-0.3, -0.25) is 4.79 Å². The zero-order valence-electron chi connectivity index (χ0n) is 9.41. The number of halogens is 2. The van der Waals surface area contributed by atoms with Crippen molar-refractivity contribution in [1.29, 1.82) is 0 Å². The Bertz CT molecular complexity index is 439. The lowest BCUT2D eigenvalue weighted by Crippen LogP contribution is -2.43. The first-order valence-corrected chi connectivity index (χ1v) is 6.96. The summed E-state index contributed by atoms with van der Waals surface area (Å²) in [5.74, 6) is 1.03. The molecule has 1 unspecified atom stereocenters. The highest BCUT2D eigenvalue weighted by atomic mass is 79.9. The van der Waals surface area contributed by atoms with Crippen LogP contribution < -0.4 is 5.32 Å². The van der Waals surface area contributed by atoms with Crippen molar-refractivity contribution in [2.75, 3.05) is 18.9 Å². The van der Waals surface area contributed by atoms with Crippen molar-refractivity contribution in [2.24, 2.45) is 0 Å². The number of likely N-dealkylation sites (N-methyl/N-ethyl adjacent to an activating group) is 1. The molecule has 2 heterocycles. The molecule has 1 amide bonds. The van der Waals surface area contributed by atoms with Crippen LogP contribution in [0, 0.1) is 0 Å². The number of nitrogens with one attached hydrogen (secondary N) is 1. The van der Waals surface area contributed by atoms with Crippen LogP contribution in [0.4, 0.5) is 5.82 Å². The lowest BCUT2D eigenvalue weighted by molar-refractivity contribution is -0.132. The van der Waals surface area contributed by atoms with Crippen LogP contribution in [0.15, 0.2) is 21.2 Å². The summed E-state index contributed by atoms with van der Waals surface area (Å²) in [6.45, 7) is 0.725. The fraction of sp³-hybridized carbons (Fsp3) is 0.455. The highest BCUT2D eigenvalue weighted by Crippen LogP contribution is 2.25. The molecule has 1 aromatic heterocycles. The summed E-state index contributed by atoms with van der Waals surface area (Å²) < 4.78 is 1.86. The van der Waals surface area contributed by atoms with E-state index in [0.717, 1.165) is 27.7 Å². The highest BCUT2D eigenvalue weighted by molar-refractivity contribution is 9.11. The lowest BCUT2D eigenvalue weighted by atomic mass is 10.1. The van der Waals surface area contributed by atoms with E-state index in [-0.39, 0.29) is 11.9 Å². The molecule has 1 atom stereocenters. The van der Waals surface area contributed by atoms with Crippen LogP contribution in [0.25, 0.3) is 0 Å². The minimum Gasteiger partial charge on any atom is -0.365 e. The summed E-state index contributed by atoms with van der Waals surface area (Å²) in [5.41, 5.74) is 0. The second kappa shape index (κ2) is 5.35. The smallest absolute Gasteiger partial charge is 0.222 e. The van der Waals surface area contributed by atoms with Crippen LogP contribution in [0.3, 0.4) is 0 Å². The first kappa shape index (κ1) is 12.8. The molecule has 0 saturated carbocycles. The third kappa shape index (κ3) is 3.19. The topological polar surface area (TPSA) is 45.2 Å². The number of aromatic nitrogens is 1. The number of rotatable bonds is 2. The fourth-order valence-corrected chi connectivity index (χ4v) is 2.95. The van der Waals surface area contributed by atoms with Gasteiger partial charge in [0.2, 0.25) is 5.91 Å². The van der Waals surface area contributed by atoms with Gasteiger partial charge in [0.05, 0.1) is 4.47 Å². The molecule has 1 aliphatic heterocycles. The summed E-state index contributed by atoms with van der Waals surface area (Å²) in [6.07, 6.45) is 3.21. The normalized spacial score (nSPS) is 20.5. The second-order valence-corrected chi connectivity index (χ2v) is 5.91. The minimum absolute atomic E-state index is 0.214. The largest absolute Gasteiger partial charge is 0.365 e. The Morgan fingerprint density at radius 2 is 2.29 bits per heavy atom. The summed E-state index contributed by atoms with van der Waals surface area (Å²) in [4.78, 5) is 17.4. The number of hydrogen-bond acceptors (Lipinski definition) is 3. The number of nitrogens with zero attached hydrogens (tertiary/aromatic N) is 2. The molecule has 0 spiro atoms. The average Bonchev–Trinajstić information content (AvgIpc) is 2.27. The number of anilines is 1. The van der Waals surface area contributed by atoms with Crippen LogP contribution in [0.1, 0.15) is 12.8 Å². The molecule has 2 rings (SSSR count). The van der Waals surface area contributed by atoms with Gasteiger partial charge in [0, 0.05) is 36.7 Å². The van der Waals surface area contributed by atoms with E-state index in [9.17, 15) is 4.79 Å². The third-order valence-corrected chi connectivity index (χ3v) is 3.81. The number of hydrogen-bond donors (Lipinski definition) is 1. The molecule has 0 aromatic carbocycles. The summed E-state index contributed by atoms with van der Waals surface area (Å²) in [7, 11) is 1.83. The van der Waals surface area contributed by atoms with E-state index >= 15 is 0 Å². The lowest BCUT2D eigenvalue weighted by Gasteiger charge is -2.30. The molecule has 0 radical (unpaired) electrons. The van der Waals surface area contributed by atoms with Gasteiger partial charge in [0.15, 0.2) is 0 Å². The highest BCUT2D eigenvalue weighted by Gasteiger charge is 2.23. The number of pyridine rings is 1. The zero-order valence-corrected chi connectivity index (χ0v) is 12.6. The summed E-state index contributed by atoms with van der Waals surface area (Å²) in [6, 6.07) is 2.22. The van der Waals surface area contributed by atoms with Crippen molar-refractivity contribution in [2.45, 2.75) is 18.9 Å². The second-order valence-electron chi connectivity index (χ2n) is 4.14. The number of carbonyl (C=O) groups is 1. The third-order valence-electron chi connectivity index (χ3n) is 2.78. The molecule has 0 bridgehead atoms. The van der Waals surface area contributed by atoms with Crippen LogP contribution in [-0.4, -0.2) is 35.4 Å². The van der Waals surface area contributed by atoms with E-state index in [1.54, 1.807) is 11.1 Å². The van der Waals surface area contributed by atoms with E-state index in [1.807, 2.05) is 13.1 Å². The van der Waals surface area contributed by atoms with E-state index in [4.69, 9.17) is 0 Å². The summed E-state index contributed by atoms with van der Waals surface area (Å²) in [5, 5.41) is 3.35. The molecular formula is C11H13Br2N3O. The standard InChI is InChI=1S/C11H13Br2N3O/c1-16-6-8(2-3-10(16)17)15-11-9(13)4-7(12)5-14-11/h4-5,8H,2-3,6H2,1H3,(H,14,15). The molecule has 6 heteroatoms. The van der Waals surface area contributed by atoms with Crippen LogP contribution in [-0.2, 0) is 4.79 Å². The Labute approximate surface area is 117 Å². The Balaban J connectivity index is 2.03. The van der Waals surface area contributed by atoms with Crippen molar-refractivity contribution in [3.05, 3.63) is 21.2 Å². The molecule has 1 aliphatic rings. The number of carbonyl (C=O) groups excluding carboxylic acids is 1. The maximum Gasteiger partial charge on any atom is 0.222 e. The van der Waals surface area contributed by atoms with Gasteiger partial charge in [-0.05, 0) is 44.3 Å². The molecule has 1 fully saturated rings. The van der Waals surface area contributed by atoms with Gasteiger partial charge in [0.25, 0.3) is 0 Å². The number of likely N-dealkylation sites (tertiary alicyclic amines) is 1. The Morgan fingerprint density at radius 3 is 2.94 bits per heavy atom. The number of amides is 1. The van der Waals surface area contributed by atoms with Gasteiger partial charge in [0.1, 0.15) is 5.82 Å². The molecule has 4 nitrogen and oxygen atoms in total. The predicted molar refractivity (Wildman–Crippen MR) is 73.9 cm³/mol. The Hall–Kier alpha value is -0.620. The Kier molecular flexibility index (Phi) is 4.04. The van der Waals surface area contributed by atoms with Gasteiger partial charge in [-0.2, -0.15) is 0 Å². The monoisotopic (exact) mass is 361 g/mol. The van der Waals surface area contributed by atoms with Crippen molar-refractivity contribution in [1.82, 2.24) is 9.88 Å².